The van der Waals surface area contributed by atoms with Gasteiger partial charge < -0.3 is 5.32 Å². The maximum Gasteiger partial charge on any atom is 0.416 e. The second-order valence-corrected chi connectivity index (χ2v) is 5.14. The fraction of sp³-hybridized carbons (Fsp3) is 0.267. The fourth-order valence-electron chi connectivity index (χ4n) is 2.10. The molecule has 1 unspecified atom stereocenters. The number of alkyl halides is 3. The van der Waals surface area contributed by atoms with E-state index in [1.54, 1.807) is 26.0 Å². The molecule has 0 fully saturated rings. The molecule has 6 heteroatoms. The third kappa shape index (κ3) is 3.67. The highest BCUT2D eigenvalue weighted by molar-refractivity contribution is 6.30. The van der Waals surface area contributed by atoms with Gasteiger partial charge in [-0.2, -0.15) is 13.2 Å². The van der Waals surface area contributed by atoms with Crippen LogP contribution in [-0.2, 0) is 6.18 Å². The van der Waals surface area contributed by atoms with E-state index in [1.165, 1.54) is 18.3 Å². The summed E-state index contributed by atoms with van der Waals surface area (Å²) in [6.45, 7) is 3.46. The molecule has 0 amide bonds. The smallest absolute Gasteiger partial charge is 0.377 e. The molecular formula is C15H14ClF3N2. The van der Waals surface area contributed by atoms with Gasteiger partial charge in [0.1, 0.15) is 5.15 Å². The topological polar surface area (TPSA) is 24.9 Å². The van der Waals surface area contributed by atoms with Crippen molar-refractivity contribution in [2.45, 2.75) is 26.1 Å². The molecule has 0 radical (unpaired) electrons. The number of aryl methyl sites for hydroxylation is 1. The van der Waals surface area contributed by atoms with E-state index in [-0.39, 0.29) is 5.56 Å². The van der Waals surface area contributed by atoms with Crippen molar-refractivity contribution in [2.75, 3.05) is 5.32 Å². The average Bonchev–Trinajstić information content (AvgIpc) is 2.42. The van der Waals surface area contributed by atoms with Crippen LogP contribution in [0.5, 0.6) is 0 Å². The summed E-state index contributed by atoms with van der Waals surface area (Å²) in [7, 11) is 0. The van der Waals surface area contributed by atoms with Crippen molar-refractivity contribution in [3.8, 4) is 0 Å². The Morgan fingerprint density at radius 3 is 2.52 bits per heavy atom. The molecular weight excluding hydrogens is 301 g/mol. The Hall–Kier alpha value is -1.75. The lowest BCUT2D eigenvalue weighted by molar-refractivity contribution is -0.138. The van der Waals surface area contributed by atoms with E-state index in [1.807, 2.05) is 0 Å². The monoisotopic (exact) mass is 314 g/mol. The Bertz CT molecular complexity index is 641. The number of pyridine rings is 1. The standard InChI is InChI=1S/C15H14ClF3N2/c1-9-7-11(8-20-14(9)16)21-10(2)12-5-3-4-6-13(12)15(17,18)19/h3-8,10,21H,1-2H3. The number of aromatic nitrogens is 1. The van der Waals surface area contributed by atoms with Gasteiger partial charge in [-0.1, -0.05) is 29.8 Å². The lowest BCUT2D eigenvalue weighted by Crippen LogP contribution is -2.15. The number of nitrogens with one attached hydrogen (secondary N) is 1. The normalized spacial score (nSPS) is 13.0. The number of hydrogen-bond acceptors (Lipinski definition) is 2. The number of benzene rings is 1. The number of halogens is 4. The van der Waals surface area contributed by atoms with Gasteiger partial charge >= 0.3 is 6.18 Å². The molecule has 1 atom stereocenters. The van der Waals surface area contributed by atoms with Gasteiger partial charge in [0, 0.05) is 6.04 Å². The van der Waals surface area contributed by atoms with Crippen LogP contribution in [0.25, 0.3) is 0 Å². The van der Waals surface area contributed by atoms with E-state index >= 15 is 0 Å². The Labute approximate surface area is 126 Å². The molecule has 21 heavy (non-hydrogen) atoms. The van der Waals surface area contributed by atoms with E-state index in [0.717, 1.165) is 11.6 Å². The van der Waals surface area contributed by atoms with E-state index in [0.29, 0.717) is 10.8 Å². The Morgan fingerprint density at radius 1 is 1.24 bits per heavy atom. The summed E-state index contributed by atoms with van der Waals surface area (Å²) >= 11 is 5.83. The van der Waals surface area contributed by atoms with Gasteiger partial charge in [-0.15, -0.1) is 0 Å². The highest BCUT2D eigenvalue weighted by atomic mass is 35.5. The SMILES string of the molecule is Cc1cc(NC(C)c2ccccc2C(F)(F)F)cnc1Cl. The van der Waals surface area contributed by atoms with Gasteiger partial charge in [0.25, 0.3) is 0 Å². The second kappa shape index (κ2) is 5.93. The van der Waals surface area contributed by atoms with Gasteiger partial charge in [-0.05, 0) is 37.1 Å². The Balaban J connectivity index is 2.28. The van der Waals surface area contributed by atoms with Crippen molar-refractivity contribution in [3.05, 3.63) is 58.4 Å². The summed E-state index contributed by atoms with van der Waals surface area (Å²) < 4.78 is 39.0. The van der Waals surface area contributed by atoms with Crippen molar-refractivity contribution < 1.29 is 13.2 Å². The molecule has 2 nitrogen and oxygen atoms in total. The molecule has 0 saturated heterocycles. The van der Waals surface area contributed by atoms with Crippen LogP contribution in [0.4, 0.5) is 18.9 Å². The molecule has 0 bridgehead atoms. The fourth-order valence-corrected chi connectivity index (χ4v) is 2.20. The molecule has 0 aliphatic heterocycles. The first-order valence-corrected chi connectivity index (χ1v) is 6.71. The van der Waals surface area contributed by atoms with Gasteiger partial charge in [0.2, 0.25) is 0 Å². The van der Waals surface area contributed by atoms with E-state index < -0.39 is 17.8 Å². The maximum atomic E-state index is 13.0. The molecule has 0 aliphatic carbocycles. The number of nitrogens with zero attached hydrogens (tertiary/aromatic N) is 1. The molecule has 0 saturated carbocycles. The minimum Gasteiger partial charge on any atom is -0.377 e. The van der Waals surface area contributed by atoms with Crippen LogP contribution in [0.15, 0.2) is 36.5 Å². The number of rotatable bonds is 3. The molecule has 1 aromatic heterocycles. The Morgan fingerprint density at radius 2 is 1.90 bits per heavy atom. The highest BCUT2D eigenvalue weighted by Gasteiger charge is 2.34. The molecule has 2 rings (SSSR count). The van der Waals surface area contributed by atoms with E-state index in [9.17, 15) is 13.2 Å². The van der Waals surface area contributed by atoms with Gasteiger partial charge in [-0.25, -0.2) is 4.98 Å². The molecule has 2 aromatic rings. The van der Waals surface area contributed by atoms with Gasteiger partial charge in [0.05, 0.1) is 17.4 Å². The largest absolute Gasteiger partial charge is 0.416 e. The van der Waals surface area contributed by atoms with Crippen LogP contribution in [0.2, 0.25) is 5.15 Å². The van der Waals surface area contributed by atoms with Crippen LogP contribution < -0.4 is 5.32 Å². The first kappa shape index (κ1) is 15.6. The van der Waals surface area contributed by atoms with Crippen LogP contribution >= 0.6 is 11.6 Å². The summed E-state index contributed by atoms with van der Waals surface area (Å²) in [5, 5.41) is 3.40. The second-order valence-electron chi connectivity index (χ2n) is 4.78. The summed E-state index contributed by atoms with van der Waals surface area (Å²) in [6.07, 6.45) is -2.87. The van der Waals surface area contributed by atoms with Crippen LogP contribution in [0, 0.1) is 6.92 Å². The molecule has 1 N–H and O–H groups in total. The van der Waals surface area contributed by atoms with Crippen LogP contribution in [0.3, 0.4) is 0 Å². The number of hydrogen-bond donors (Lipinski definition) is 1. The predicted octanol–water partition coefficient (Wildman–Crippen LogP) is 5.24. The molecule has 0 spiro atoms. The average molecular weight is 315 g/mol. The lowest BCUT2D eigenvalue weighted by atomic mass is 10.0. The zero-order chi connectivity index (χ0) is 15.6. The third-order valence-electron chi connectivity index (χ3n) is 3.13. The van der Waals surface area contributed by atoms with Crippen molar-refractivity contribution in [1.29, 1.82) is 0 Å². The maximum absolute atomic E-state index is 13.0. The van der Waals surface area contributed by atoms with Crippen molar-refractivity contribution >= 4 is 17.3 Å². The molecule has 1 heterocycles. The summed E-state index contributed by atoms with van der Waals surface area (Å²) in [5.74, 6) is 0. The van der Waals surface area contributed by atoms with Gasteiger partial charge in [-0.3, -0.25) is 0 Å². The van der Waals surface area contributed by atoms with Crippen molar-refractivity contribution in [3.63, 3.8) is 0 Å². The summed E-state index contributed by atoms with van der Waals surface area (Å²) in [6, 6.07) is 6.77. The highest BCUT2D eigenvalue weighted by Crippen LogP contribution is 2.35. The third-order valence-corrected chi connectivity index (χ3v) is 3.53. The lowest BCUT2D eigenvalue weighted by Gasteiger charge is -2.20. The quantitative estimate of drug-likeness (QED) is 0.784. The summed E-state index contributed by atoms with van der Waals surface area (Å²) in [5.41, 5.74) is 0.945. The number of anilines is 1. The molecule has 112 valence electrons. The van der Waals surface area contributed by atoms with Crippen LogP contribution in [0.1, 0.15) is 29.7 Å². The predicted molar refractivity (Wildman–Crippen MR) is 77.5 cm³/mol. The van der Waals surface area contributed by atoms with E-state index in [2.05, 4.69) is 10.3 Å². The van der Waals surface area contributed by atoms with Crippen molar-refractivity contribution in [2.24, 2.45) is 0 Å². The Kier molecular flexibility index (Phi) is 4.42. The van der Waals surface area contributed by atoms with Gasteiger partial charge in [0.15, 0.2) is 0 Å². The first-order valence-electron chi connectivity index (χ1n) is 6.34. The minimum absolute atomic E-state index is 0.192. The first-order chi connectivity index (χ1) is 9.79. The minimum atomic E-state index is -4.37. The van der Waals surface area contributed by atoms with Crippen LogP contribution in [-0.4, -0.2) is 4.98 Å². The zero-order valence-corrected chi connectivity index (χ0v) is 12.3. The van der Waals surface area contributed by atoms with E-state index in [4.69, 9.17) is 11.6 Å². The molecule has 1 aromatic carbocycles. The summed E-state index contributed by atoms with van der Waals surface area (Å²) in [4.78, 5) is 3.98. The zero-order valence-electron chi connectivity index (χ0n) is 11.5. The molecule has 0 aliphatic rings. The van der Waals surface area contributed by atoms with Crippen molar-refractivity contribution in [1.82, 2.24) is 4.98 Å².